The number of phenols is 2. The minimum Gasteiger partial charge on any atom is -0.507 e. The molecule has 15 heteroatoms. The van der Waals surface area contributed by atoms with E-state index in [0.29, 0.717) is 19.6 Å². The van der Waals surface area contributed by atoms with Crippen molar-refractivity contribution in [2.75, 3.05) is 53.6 Å². The van der Waals surface area contributed by atoms with E-state index in [1.54, 1.807) is 13.2 Å². The van der Waals surface area contributed by atoms with Crippen molar-refractivity contribution < 1.29 is 58.9 Å². The first-order valence-corrected chi connectivity index (χ1v) is 16.8. The van der Waals surface area contributed by atoms with Gasteiger partial charge in [0.15, 0.2) is 12.1 Å². The third kappa shape index (κ3) is 8.44. The Bertz CT molecular complexity index is 1500. The van der Waals surface area contributed by atoms with Gasteiger partial charge in [0.1, 0.15) is 17.2 Å². The number of hydrogen-bond acceptors (Lipinski definition) is 14. The van der Waals surface area contributed by atoms with Crippen LogP contribution in [0.4, 0.5) is 0 Å². The highest BCUT2D eigenvalue weighted by Crippen LogP contribution is 2.49. The number of phenolic OH excluding ortho intramolecular Hbond substituents is 2. The number of nitrogens with zero attached hydrogens (tertiary/aromatic N) is 1. The Morgan fingerprint density at radius 1 is 1.02 bits per heavy atom. The number of carbonyl (C=O) groups is 3. The molecule has 0 saturated carbocycles. The zero-order valence-corrected chi connectivity index (χ0v) is 28.7. The number of amides is 1. The second-order valence-electron chi connectivity index (χ2n) is 12.5. The number of rotatable bonds is 8. The summed E-state index contributed by atoms with van der Waals surface area (Å²) in [5, 5.41) is 54.1. The number of ketones is 2. The van der Waals surface area contributed by atoms with Crippen molar-refractivity contribution in [3.05, 3.63) is 51.6 Å². The summed E-state index contributed by atoms with van der Waals surface area (Å²) in [7, 11) is 3.01. The lowest BCUT2D eigenvalue weighted by Gasteiger charge is -2.43. The molecule has 2 aliphatic heterocycles. The molecule has 0 aromatic heterocycles. The molecule has 276 valence electrons. The number of aliphatic hydroxyl groups excluding tert-OH is 3. The van der Waals surface area contributed by atoms with Gasteiger partial charge in [-0.25, -0.2) is 0 Å². The number of hydrogen-bond donors (Lipinski definition) is 7. The van der Waals surface area contributed by atoms with Crippen LogP contribution in [0.25, 0.3) is 0 Å². The van der Waals surface area contributed by atoms with Crippen molar-refractivity contribution in [2.45, 2.75) is 75.8 Å². The second kappa shape index (κ2) is 18.0. The fourth-order valence-corrected chi connectivity index (χ4v) is 6.75. The van der Waals surface area contributed by atoms with Crippen molar-refractivity contribution in [3.63, 3.8) is 0 Å². The summed E-state index contributed by atoms with van der Waals surface area (Å²) in [6.45, 7) is 6.35. The van der Waals surface area contributed by atoms with Crippen LogP contribution >= 0.6 is 0 Å². The van der Waals surface area contributed by atoms with E-state index in [1.165, 1.54) is 19.2 Å². The summed E-state index contributed by atoms with van der Waals surface area (Å²) in [5.41, 5.74) is 4.67. The van der Waals surface area contributed by atoms with E-state index in [-0.39, 0.29) is 70.4 Å². The van der Waals surface area contributed by atoms with Crippen LogP contribution < -0.4 is 15.8 Å². The maximum absolute atomic E-state index is 13.0. The smallest absolute Gasteiger partial charge is 0.207 e. The Morgan fingerprint density at radius 2 is 1.76 bits per heavy atom. The molecule has 15 nitrogen and oxygen atoms in total. The minimum atomic E-state index is -1.26. The van der Waals surface area contributed by atoms with Gasteiger partial charge >= 0.3 is 0 Å². The summed E-state index contributed by atoms with van der Waals surface area (Å²) >= 11 is 0. The maximum atomic E-state index is 13.0. The number of benzene rings is 2. The van der Waals surface area contributed by atoms with Crippen LogP contribution in [0.1, 0.15) is 81.7 Å². The third-order valence-corrected chi connectivity index (χ3v) is 9.36. The molecule has 0 radical (unpaired) electrons. The Balaban J connectivity index is 0.000000199. The largest absolute Gasteiger partial charge is 0.507 e. The molecule has 6 rings (SSSR count). The summed E-state index contributed by atoms with van der Waals surface area (Å²) in [6.07, 6.45) is 0.626. The predicted molar refractivity (Wildman–Crippen MR) is 179 cm³/mol. The Morgan fingerprint density at radius 3 is 2.44 bits per heavy atom. The second-order valence-corrected chi connectivity index (χ2v) is 12.5. The van der Waals surface area contributed by atoms with E-state index in [9.17, 15) is 39.9 Å². The maximum Gasteiger partial charge on any atom is 0.207 e. The van der Waals surface area contributed by atoms with Crippen molar-refractivity contribution in [1.29, 1.82) is 0 Å². The lowest BCUT2D eigenvalue weighted by Crippen LogP contribution is -2.57. The molecule has 1 amide bonds. The molecule has 2 aromatic carbocycles. The fourth-order valence-electron chi connectivity index (χ4n) is 6.75. The monoisotopic (exact) mass is 703 g/mol. The fraction of sp³-hybridized carbons (Fsp3) is 0.571. The summed E-state index contributed by atoms with van der Waals surface area (Å²) < 4.78 is 21.2. The highest BCUT2D eigenvalue weighted by molar-refractivity contribution is 6.31. The lowest BCUT2D eigenvalue weighted by molar-refractivity contribution is -0.190. The van der Waals surface area contributed by atoms with Crippen LogP contribution in [0.5, 0.6) is 17.2 Å². The van der Waals surface area contributed by atoms with Gasteiger partial charge in [0, 0.05) is 68.9 Å². The molecular weight excluding hydrogens is 654 g/mol. The predicted octanol–water partition coefficient (Wildman–Crippen LogP) is 0.523. The number of aromatic hydroxyl groups is 2. The number of ether oxygens (including phenoxy) is 4. The van der Waals surface area contributed by atoms with Gasteiger partial charge in [0.2, 0.25) is 12.2 Å². The molecule has 6 unspecified atom stereocenters. The topological polar surface area (TPSA) is 231 Å². The van der Waals surface area contributed by atoms with E-state index in [2.05, 4.69) is 10.2 Å². The van der Waals surface area contributed by atoms with Crippen LogP contribution in [0, 0.1) is 0 Å². The molecule has 0 spiro atoms. The van der Waals surface area contributed by atoms with E-state index in [1.807, 2.05) is 6.92 Å². The first-order chi connectivity index (χ1) is 24.0. The van der Waals surface area contributed by atoms with Crippen molar-refractivity contribution in [1.82, 2.24) is 10.2 Å². The molecule has 2 heterocycles. The third-order valence-electron chi connectivity index (χ3n) is 9.36. The van der Waals surface area contributed by atoms with Crippen molar-refractivity contribution in [2.24, 2.45) is 5.73 Å². The molecule has 2 aliphatic carbocycles. The van der Waals surface area contributed by atoms with E-state index >= 15 is 0 Å². The molecule has 2 saturated heterocycles. The summed E-state index contributed by atoms with van der Waals surface area (Å²) in [6, 6.07) is 4.69. The minimum absolute atomic E-state index is 0.00693. The number of nitrogens with two attached hydrogens (primary N) is 1. The van der Waals surface area contributed by atoms with E-state index in [4.69, 9.17) is 24.7 Å². The number of aliphatic hydroxyl groups is 3. The highest BCUT2D eigenvalue weighted by Gasteiger charge is 2.42. The van der Waals surface area contributed by atoms with Gasteiger partial charge in [0.05, 0.1) is 54.8 Å². The molecule has 2 fully saturated rings. The molecule has 6 atom stereocenters. The van der Waals surface area contributed by atoms with Gasteiger partial charge < -0.3 is 55.5 Å². The Hall–Kier alpha value is -3.67. The average molecular weight is 704 g/mol. The standard InChI is InChI=1S/C19H16O7.C11H21NO4.C5H12N2O/c1-26-11-4-2-3-8-13(11)19(25)15-14(16(8)22)17(23)9-5-7(20)6-10(21)12(9)18(15)24;1-8-11(13)9(3-5-15-8)12-4-6-16-10(7-12)14-2;6-3-1-2-4-7-5-8/h2-4,7,10,20-21,23-24H,5-6H2,1H3;8-11,13H,3-7H2,1-2H3;5H,1-4,6H2,(H,7,8). The molecule has 4 aliphatic rings. The number of carbonyl (C=O) groups excluding carboxylic acids is 3. The molecule has 2 aromatic rings. The summed E-state index contributed by atoms with van der Waals surface area (Å²) in [4.78, 5) is 37.8. The molecule has 50 heavy (non-hydrogen) atoms. The van der Waals surface area contributed by atoms with E-state index < -0.39 is 41.4 Å². The number of fused-ring (bicyclic) bond motifs is 3. The Labute approximate surface area is 290 Å². The number of unbranched alkanes of at least 4 members (excludes halogenated alkanes) is 1. The Kier molecular flexibility index (Phi) is 14.1. The van der Waals surface area contributed by atoms with Crippen LogP contribution in [-0.4, -0.2) is 133 Å². The zero-order chi connectivity index (χ0) is 36.5. The van der Waals surface area contributed by atoms with Crippen molar-refractivity contribution >= 4 is 18.0 Å². The zero-order valence-electron chi connectivity index (χ0n) is 28.7. The van der Waals surface area contributed by atoms with Gasteiger partial charge in [0.25, 0.3) is 0 Å². The van der Waals surface area contributed by atoms with Crippen LogP contribution in [0.2, 0.25) is 0 Å². The molecule has 8 N–H and O–H groups in total. The first-order valence-electron chi connectivity index (χ1n) is 16.8. The van der Waals surface area contributed by atoms with Crippen LogP contribution in [0.15, 0.2) is 18.2 Å². The lowest BCUT2D eigenvalue weighted by atomic mass is 9.76. The van der Waals surface area contributed by atoms with Crippen molar-refractivity contribution in [3.8, 4) is 17.2 Å². The first kappa shape index (κ1) is 39.1. The average Bonchev–Trinajstić information content (AvgIpc) is 3.11. The number of morpholine rings is 1. The highest BCUT2D eigenvalue weighted by atomic mass is 16.7. The quantitative estimate of drug-likeness (QED) is 0.0964. The number of methoxy groups -OCH3 is 2. The van der Waals surface area contributed by atoms with Crippen LogP contribution in [0.3, 0.4) is 0 Å². The van der Waals surface area contributed by atoms with E-state index in [0.717, 1.165) is 45.5 Å². The molecule has 0 bridgehead atoms. The van der Waals surface area contributed by atoms with Gasteiger partial charge in [-0.05, 0) is 38.8 Å². The molecular formula is C35H49N3O12. The van der Waals surface area contributed by atoms with Gasteiger partial charge in [-0.3, -0.25) is 19.3 Å². The summed E-state index contributed by atoms with van der Waals surface area (Å²) in [5.74, 6) is -2.14. The van der Waals surface area contributed by atoms with Gasteiger partial charge in [-0.1, -0.05) is 12.1 Å². The van der Waals surface area contributed by atoms with Crippen LogP contribution in [-0.2, 0) is 25.4 Å². The SMILES string of the molecule is COC1CN(C2CCOC(C)C2O)CCO1.COc1cccc2c1C(=O)c1c(O)c3c(c(O)c1C2=O)CC(O)CC3O.NCCCCNC=O. The van der Waals surface area contributed by atoms with Gasteiger partial charge in [-0.15, -0.1) is 0 Å². The number of nitrogens with one attached hydrogen (secondary N) is 1. The normalized spacial score (nSPS) is 25.8. The van der Waals surface area contributed by atoms with Gasteiger partial charge in [-0.2, -0.15) is 0 Å².